The number of hydrogen-bond donors (Lipinski definition) is 2. The Bertz CT molecular complexity index is 441. The molecule has 0 unspecified atom stereocenters. The summed E-state index contributed by atoms with van der Waals surface area (Å²) in [6.07, 6.45) is 5.28. The lowest BCUT2D eigenvalue weighted by Gasteiger charge is -2.16. The van der Waals surface area contributed by atoms with Crippen LogP contribution in [0.1, 0.15) is 31.2 Å². The van der Waals surface area contributed by atoms with Crippen LogP contribution < -0.4 is 5.32 Å². The van der Waals surface area contributed by atoms with Crippen LogP contribution in [0.3, 0.4) is 0 Å². The van der Waals surface area contributed by atoms with Gasteiger partial charge in [0.1, 0.15) is 0 Å². The van der Waals surface area contributed by atoms with Crippen LogP contribution in [0.2, 0.25) is 0 Å². The van der Waals surface area contributed by atoms with Crippen molar-refractivity contribution in [2.24, 2.45) is 0 Å². The third-order valence-electron chi connectivity index (χ3n) is 3.86. The third-order valence-corrected chi connectivity index (χ3v) is 3.86. The van der Waals surface area contributed by atoms with E-state index in [4.69, 9.17) is 0 Å². The highest BCUT2D eigenvalue weighted by molar-refractivity contribution is 5.16. The molecule has 0 saturated carbocycles. The molecule has 1 atom stereocenters. The molecule has 1 fully saturated rings. The van der Waals surface area contributed by atoms with Gasteiger partial charge >= 0.3 is 0 Å². The maximum Gasteiger partial charge on any atom is 0.0926 e. The SMILES string of the molecule is OC[C@H](C#CCN1CCCCCC1)NCc1ccccc1. The number of nitrogens with zero attached hydrogens (tertiary/aromatic N) is 1. The first-order chi connectivity index (χ1) is 10.4. The Labute approximate surface area is 128 Å². The van der Waals surface area contributed by atoms with Crippen molar-refractivity contribution in [1.82, 2.24) is 10.2 Å². The van der Waals surface area contributed by atoms with E-state index in [0.29, 0.717) is 0 Å². The van der Waals surface area contributed by atoms with Crippen molar-refractivity contribution < 1.29 is 5.11 Å². The van der Waals surface area contributed by atoms with Crippen LogP contribution in [-0.2, 0) is 6.54 Å². The zero-order chi connectivity index (χ0) is 14.8. The van der Waals surface area contributed by atoms with Gasteiger partial charge in [0.05, 0.1) is 19.2 Å². The lowest BCUT2D eigenvalue weighted by atomic mass is 10.2. The van der Waals surface area contributed by atoms with Gasteiger partial charge in [0.25, 0.3) is 0 Å². The average Bonchev–Trinajstić information content (AvgIpc) is 2.80. The van der Waals surface area contributed by atoms with Gasteiger partial charge in [-0.1, -0.05) is 55.0 Å². The van der Waals surface area contributed by atoms with Crippen LogP contribution in [-0.4, -0.2) is 42.3 Å². The van der Waals surface area contributed by atoms with Crippen LogP contribution in [0.4, 0.5) is 0 Å². The molecular formula is C18H26N2O. The number of rotatable bonds is 5. The fraction of sp³-hybridized carbons (Fsp3) is 0.556. The molecule has 0 aromatic heterocycles. The van der Waals surface area contributed by atoms with Crippen molar-refractivity contribution in [2.45, 2.75) is 38.3 Å². The molecule has 114 valence electrons. The Morgan fingerprint density at radius 1 is 1.10 bits per heavy atom. The molecule has 0 bridgehead atoms. The van der Waals surface area contributed by atoms with E-state index in [1.165, 1.54) is 31.2 Å². The number of likely N-dealkylation sites (tertiary alicyclic amines) is 1. The molecule has 1 heterocycles. The number of nitrogens with one attached hydrogen (secondary N) is 1. The average molecular weight is 286 g/mol. The summed E-state index contributed by atoms with van der Waals surface area (Å²) in [5, 5.41) is 12.7. The number of benzene rings is 1. The van der Waals surface area contributed by atoms with E-state index < -0.39 is 0 Å². The summed E-state index contributed by atoms with van der Waals surface area (Å²) >= 11 is 0. The molecule has 3 heteroatoms. The van der Waals surface area contributed by atoms with Gasteiger partial charge in [-0.3, -0.25) is 10.2 Å². The second-order valence-electron chi connectivity index (χ2n) is 5.61. The number of aliphatic hydroxyl groups excluding tert-OH is 1. The van der Waals surface area contributed by atoms with Crippen LogP contribution in [0.15, 0.2) is 30.3 Å². The van der Waals surface area contributed by atoms with Crippen molar-refractivity contribution in [3.63, 3.8) is 0 Å². The molecule has 1 aliphatic heterocycles. The summed E-state index contributed by atoms with van der Waals surface area (Å²) in [5.41, 5.74) is 1.21. The molecule has 2 N–H and O–H groups in total. The summed E-state index contributed by atoms with van der Waals surface area (Å²) < 4.78 is 0. The maximum absolute atomic E-state index is 9.41. The zero-order valence-corrected chi connectivity index (χ0v) is 12.7. The minimum absolute atomic E-state index is 0.0554. The van der Waals surface area contributed by atoms with Gasteiger partial charge in [0.2, 0.25) is 0 Å². The van der Waals surface area contributed by atoms with Crippen molar-refractivity contribution in [1.29, 1.82) is 0 Å². The third kappa shape index (κ3) is 6.31. The van der Waals surface area contributed by atoms with Crippen molar-refractivity contribution in [3.05, 3.63) is 35.9 Å². The standard InChI is InChI=1S/C18H26N2O/c21-16-18(19-15-17-9-4-3-5-10-17)11-8-14-20-12-6-1-2-7-13-20/h3-5,9-10,18-19,21H,1-2,6-7,12-16H2/t18-/m0/s1. The number of hydrogen-bond acceptors (Lipinski definition) is 3. The molecule has 0 amide bonds. The first-order valence-corrected chi connectivity index (χ1v) is 7.97. The van der Waals surface area contributed by atoms with Crippen molar-refractivity contribution >= 4 is 0 Å². The molecule has 21 heavy (non-hydrogen) atoms. The first-order valence-electron chi connectivity index (χ1n) is 7.97. The fourth-order valence-electron chi connectivity index (χ4n) is 2.57. The highest BCUT2D eigenvalue weighted by atomic mass is 16.3. The highest BCUT2D eigenvalue weighted by Crippen LogP contribution is 2.08. The Hall–Kier alpha value is -1.34. The summed E-state index contributed by atoms with van der Waals surface area (Å²) in [5.74, 6) is 6.38. The Morgan fingerprint density at radius 2 is 1.81 bits per heavy atom. The van der Waals surface area contributed by atoms with Crippen LogP contribution in [0.5, 0.6) is 0 Å². The van der Waals surface area contributed by atoms with Crippen molar-refractivity contribution in [3.8, 4) is 11.8 Å². The zero-order valence-electron chi connectivity index (χ0n) is 12.7. The largest absolute Gasteiger partial charge is 0.394 e. The van der Waals surface area contributed by atoms with Gasteiger partial charge in [-0.15, -0.1) is 0 Å². The lowest BCUT2D eigenvalue weighted by molar-refractivity contribution is 0.267. The van der Waals surface area contributed by atoms with E-state index in [2.05, 4.69) is 34.2 Å². The smallest absolute Gasteiger partial charge is 0.0926 e. The Balaban J connectivity index is 1.75. The van der Waals surface area contributed by atoms with Gasteiger partial charge in [-0.05, 0) is 31.5 Å². The number of aliphatic hydroxyl groups is 1. The van der Waals surface area contributed by atoms with E-state index >= 15 is 0 Å². The predicted octanol–water partition coefficient (Wildman–Crippen LogP) is 2.02. The monoisotopic (exact) mass is 286 g/mol. The van der Waals surface area contributed by atoms with E-state index in [1.807, 2.05) is 18.2 Å². The second kappa shape index (κ2) is 9.57. The molecule has 1 aliphatic rings. The van der Waals surface area contributed by atoms with E-state index in [9.17, 15) is 5.11 Å². The molecule has 1 aromatic carbocycles. The molecule has 3 nitrogen and oxygen atoms in total. The lowest BCUT2D eigenvalue weighted by Crippen LogP contribution is -2.31. The molecule has 0 aliphatic carbocycles. The molecule has 1 aromatic rings. The summed E-state index contributed by atoms with van der Waals surface area (Å²) in [7, 11) is 0. The molecule has 0 radical (unpaired) electrons. The van der Waals surface area contributed by atoms with E-state index in [-0.39, 0.29) is 12.6 Å². The maximum atomic E-state index is 9.41. The second-order valence-corrected chi connectivity index (χ2v) is 5.61. The van der Waals surface area contributed by atoms with Crippen molar-refractivity contribution in [2.75, 3.05) is 26.2 Å². The Morgan fingerprint density at radius 3 is 2.48 bits per heavy atom. The normalized spacial score (nSPS) is 17.6. The van der Waals surface area contributed by atoms with Crippen LogP contribution in [0.25, 0.3) is 0 Å². The summed E-state index contributed by atoms with van der Waals surface area (Å²) in [4.78, 5) is 2.42. The van der Waals surface area contributed by atoms with E-state index in [0.717, 1.165) is 26.2 Å². The topological polar surface area (TPSA) is 35.5 Å². The predicted molar refractivity (Wildman–Crippen MR) is 86.8 cm³/mol. The first kappa shape index (κ1) is 16.0. The van der Waals surface area contributed by atoms with Gasteiger partial charge in [-0.25, -0.2) is 0 Å². The van der Waals surface area contributed by atoms with Gasteiger partial charge in [-0.2, -0.15) is 0 Å². The minimum Gasteiger partial charge on any atom is -0.394 e. The highest BCUT2D eigenvalue weighted by Gasteiger charge is 2.07. The fourth-order valence-corrected chi connectivity index (χ4v) is 2.57. The van der Waals surface area contributed by atoms with Gasteiger partial charge in [0, 0.05) is 6.54 Å². The summed E-state index contributed by atoms with van der Waals surface area (Å²) in [6.45, 7) is 3.94. The van der Waals surface area contributed by atoms with E-state index in [1.54, 1.807) is 0 Å². The Kier molecular flexibility index (Phi) is 7.31. The molecule has 1 saturated heterocycles. The van der Waals surface area contributed by atoms with Crippen LogP contribution in [0, 0.1) is 11.8 Å². The van der Waals surface area contributed by atoms with Crippen LogP contribution >= 0.6 is 0 Å². The van der Waals surface area contributed by atoms with Gasteiger partial charge in [0.15, 0.2) is 0 Å². The van der Waals surface area contributed by atoms with Gasteiger partial charge < -0.3 is 5.11 Å². The molecule has 0 spiro atoms. The summed E-state index contributed by atoms with van der Waals surface area (Å²) in [6, 6.07) is 10.1. The molecule has 2 rings (SSSR count). The minimum atomic E-state index is -0.141. The quantitative estimate of drug-likeness (QED) is 0.813. The molecular weight excluding hydrogens is 260 g/mol.